The van der Waals surface area contributed by atoms with E-state index >= 15 is 0 Å². The van der Waals surface area contributed by atoms with Crippen LogP contribution in [0.1, 0.15) is 49.9 Å². The summed E-state index contributed by atoms with van der Waals surface area (Å²) in [5.74, 6) is -2.62. The summed E-state index contributed by atoms with van der Waals surface area (Å²) < 4.78 is 84.7. The Kier molecular flexibility index (Phi) is 20.6. The summed E-state index contributed by atoms with van der Waals surface area (Å²) in [6.07, 6.45) is -3.04. The van der Waals surface area contributed by atoms with E-state index < -0.39 is 66.4 Å². The van der Waals surface area contributed by atoms with E-state index in [4.69, 9.17) is 46.7 Å². The number of aromatic nitrogens is 4. The number of rotatable bonds is 16. The predicted molar refractivity (Wildman–Crippen MR) is 256 cm³/mol. The van der Waals surface area contributed by atoms with Crippen LogP contribution in [0.3, 0.4) is 0 Å². The third-order valence-electron chi connectivity index (χ3n) is 10.1. The molecule has 6 rings (SSSR count). The molecule has 0 saturated heterocycles. The van der Waals surface area contributed by atoms with Crippen molar-refractivity contribution in [3.63, 3.8) is 0 Å². The number of nitrogens with two attached hydrogens (primary N) is 1. The van der Waals surface area contributed by atoms with E-state index in [1.807, 2.05) is 25.1 Å². The maximum absolute atomic E-state index is 14.2. The number of hydrogen-bond donors (Lipinski definition) is 4. The van der Waals surface area contributed by atoms with E-state index in [2.05, 4.69) is 4.99 Å². The number of carbonyl (C=O) groups is 3. The molecule has 5 aromatic rings. The van der Waals surface area contributed by atoms with Gasteiger partial charge in [0.1, 0.15) is 41.3 Å². The number of alkyl halides is 3. The molecule has 0 radical (unpaired) electrons. The van der Waals surface area contributed by atoms with Crippen molar-refractivity contribution in [3.05, 3.63) is 124 Å². The molecule has 386 valence electrons. The minimum Gasteiger partial charge on any atom is -0.489 e. The summed E-state index contributed by atoms with van der Waals surface area (Å²) in [4.78, 5) is 83.0. The molecule has 1 aliphatic rings. The fourth-order valence-corrected chi connectivity index (χ4v) is 8.95. The summed E-state index contributed by atoms with van der Waals surface area (Å²) >= 11 is 7.91. The number of thioether (sulfide) groups is 1. The smallest absolute Gasteiger partial charge is 0.431 e. The second-order valence-corrected chi connectivity index (χ2v) is 20.4. The zero-order chi connectivity index (χ0) is 53.0. The van der Waals surface area contributed by atoms with Gasteiger partial charge in [0.05, 0.1) is 23.6 Å². The van der Waals surface area contributed by atoms with E-state index in [1.165, 1.54) is 44.1 Å². The normalized spacial score (nSPS) is 14.1. The van der Waals surface area contributed by atoms with Crippen molar-refractivity contribution in [2.45, 2.75) is 82.4 Å². The minimum absolute atomic E-state index is 0.0370. The van der Waals surface area contributed by atoms with Crippen LogP contribution in [0.25, 0.3) is 5.69 Å². The van der Waals surface area contributed by atoms with Crippen LogP contribution in [-0.4, -0.2) is 89.3 Å². The van der Waals surface area contributed by atoms with Crippen molar-refractivity contribution >= 4 is 65.7 Å². The minimum atomic E-state index is -4.84. The molecular weight excluding hydrogens is 1030 g/mol. The highest BCUT2D eigenvalue weighted by Crippen LogP contribution is 2.36. The SMILES string of the molecule is CCc1ccc(COc2ccc(-n3c(=O)cc(C(F)(F)F)n(C)c3=O)cc2)c(OC(C)C(=O)OC)c1.CP(=O)(O)CCC(N)C(=O)O.O=C(O)CSc1cc(N=c2sc(=O)n3n2CCCC3)c(F)cc1Cl. The summed E-state index contributed by atoms with van der Waals surface area (Å²) in [5, 5.41) is 17.2. The number of carboxylic acid groups (broad SMARTS) is 2. The van der Waals surface area contributed by atoms with E-state index in [1.54, 1.807) is 16.3 Å². The number of halogens is 5. The van der Waals surface area contributed by atoms with Crippen molar-refractivity contribution in [3.8, 4) is 17.2 Å². The Hall–Kier alpha value is -5.98. The maximum Gasteiger partial charge on any atom is 0.431 e. The van der Waals surface area contributed by atoms with Crippen molar-refractivity contribution < 1.29 is 65.8 Å². The molecule has 71 heavy (non-hydrogen) atoms. The number of carboxylic acids is 2. The first-order chi connectivity index (χ1) is 33.2. The van der Waals surface area contributed by atoms with Gasteiger partial charge in [0.15, 0.2) is 13.5 Å². The number of aliphatic carboxylic acids is 2. The molecule has 0 saturated carbocycles. The Morgan fingerprint density at radius 3 is 2.24 bits per heavy atom. The third-order valence-corrected chi connectivity index (χ3v) is 13.5. The van der Waals surface area contributed by atoms with E-state index in [0.717, 1.165) is 61.0 Å². The molecule has 2 aromatic heterocycles. The Bertz CT molecular complexity index is 3020. The number of methoxy groups -OCH3 is 1. The van der Waals surface area contributed by atoms with Crippen LogP contribution < -0.4 is 36.1 Å². The predicted octanol–water partition coefficient (Wildman–Crippen LogP) is 6.03. The van der Waals surface area contributed by atoms with Crippen LogP contribution >= 0.6 is 42.1 Å². The molecule has 5 N–H and O–H groups in total. The van der Waals surface area contributed by atoms with Gasteiger partial charge in [-0.3, -0.25) is 33.0 Å². The standard InChI is InChI=1S/C25H25F3N2O6.C14H13ClFN3O3S2.C5H12NO4P/c1-5-16-6-7-17(20(12-16)36-15(2)23(32)34-4)14-35-19-10-8-18(9-11-19)30-22(31)13-21(25(26,27)28)29(3)24(30)33;15-8-5-9(16)10(6-11(8)23-7-12(20)21)17-13-18-3-1-2-4-19(18)14(22)24-13;1-11(9,10)3-2-4(6)5(7)8/h6-13,15H,5,14H2,1-4H3;5-6H,1-4,7H2,(H,20,21);4H,2-3,6H2,1H3,(H,7,8)(H,9,10). The average Bonchev–Trinajstić information content (AvgIpc) is 3.63. The Balaban J connectivity index is 0.000000267. The van der Waals surface area contributed by atoms with Gasteiger partial charge in [0.25, 0.3) is 5.56 Å². The summed E-state index contributed by atoms with van der Waals surface area (Å²) in [7, 11) is -0.884. The molecule has 0 spiro atoms. The summed E-state index contributed by atoms with van der Waals surface area (Å²) in [6.45, 7) is 6.11. The van der Waals surface area contributed by atoms with Crippen LogP contribution in [0.5, 0.6) is 11.5 Å². The lowest BCUT2D eigenvalue weighted by atomic mass is 10.1. The fourth-order valence-electron chi connectivity index (χ4n) is 6.32. The highest BCUT2D eigenvalue weighted by atomic mass is 35.5. The van der Waals surface area contributed by atoms with Gasteiger partial charge >= 0.3 is 34.6 Å². The average molecular weight is 1080 g/mol. The number of aryl methyl sites for hydroxylation is 1. The topological polar surface area (TPSA) is 266 Å². The van der Waals surface area contributed by atoms with Gasteiger partial charge in [0, 0.05) is 49.5 Å². The Labute approximate surface area is 415 Å². The van der Waals surface area contributed by atoms with Crippen LogP contribution in [0.15, 0.2) is 84.9 Å². The van der Waals surface area contributed by atoms with Gasteiger partial charge in [-0.15, -0.1) is 11.8 Å². The molecule has 19 nitrogen and oxygen atoms in total. The molecule has 0 aliphatic carbocycles. The van der Waals surface area contributed by atoms with Crippen LogP contribution in [0, 0.1) is 5.82 Å². The number of esters is 1. The summed E-state index contributed by atoms with van der Waals surface area (Å²) in [6, 6.07) is 13.2. The van der Waals surface area contributed by atoms with Crippen molar-refractivity contribution in [1.29, 1.82) is 0 Å². The van der Waals surface area contributed by atoms with Crippen molar-refractivity contribution in [2.75, 3.05) is 25.7 Å². The molecular formula is C44H50ClF4N6O13PS2. The Morgan fingerprint density at radius 2 is 1.66 bits per heavy atom. The molecule has 3 atom stereocenters. The Morgan fingerprint density at radius 1 is 1.01 bits per heavy atom. The van der Waals surface area contributed by atoms with Gasteiger partial charge in [-0.2, -0.15) is 13.2 Å². The first kappa shape index (κ1) is 57.6. The zero-order valence-corrected chi connectivity index (χ0v) is 42.0. The van der Waals surface area contributed by atoms with Crippen LogP contribution in [0.2, 0.25) is 5.02 Å². The van der Waals surface area contributed by atoms with Crippen LogP contribution in [0.4, 0.5) is 23.2 Å². The van der Waals surface area contributed by atoms with Gasteiger partial charge < -0.3 is 35.1 Å². The van der Waals surface area contributed by atoms with E-state index in [9.17, 15) is 50.9 Å². The number of hydrogen-bond acceptors (Lipinski definition) is 14. The van der Waals surface area contributed by atoms with Crippen molar-refractivity contribution in [1.82, 2.24) is 18.5 Å². The lowest BCUT2D eigenvalue weighted by Gasteiger charge is -2.17. The maximum atomic E-state index is 14.2. The van der Waals surface area contributed by atoms with E-state index in [0.29, 0.717) is 55.0 Å². The lowest BCUT2D eigenvalue weighted by molar-refractivity contribution is -0.148. The largest absolute Gasteiger partial charge is 0.489 e. The first-order valence-electron chi connectivity index (χ1n) is 21.2. The molecule has 3 unspecified atom stereocenters. The monoisotopic (exact) mass is 1080 g/mol. The number of fused-ring (bicyclic) bond motifs is 1. The number of benzene rings is 3. The van der Waals surface area contributed by atoms with Crippen LogP contribution in [-0.2, 0) is 63.0 Å². The van der Waals surface area contributed by atoms with Gasteiger partial charge in [0.2, 0.25) is 4.80 Å². The third kappa shape index (κ3) is 16.5. The molecule has 27 heteroatoms. The molecule has 1 aliphatic heterocycles. The molecule has 0 fully saturated rings. The quantitative estimate of drug-likeness (QED) is 0.0380. The number of carbonyl (C=O) groups excluding carboxylic acids is 1. The highest BCUT2D eigenvalue weighted by Gasteiger charge is 2.35. The molecule has 0 amide bonds. The number of ether oxygens (including phenoxy) is 3. The van der Waals surface area contributed by atoms with Gasteiger partial charge in [-0.1, -0.05) is 30.7 Å². The lowest BCUT2D eigenvalue weighted by Crippen LogP contribution is -2.40. The number of nitrogens with zero attached hydrogens (tertiary/aromatic N) is 5. The van der Waals surface area contributed by atoms with Gasteiger partial charge in [-0.05, 0) is 92.0 Å². The fraction of sp³-hybridized carbons (Fsp3) is 0.386. The van der Waals surface area contributed by atoms with Crippen molar-refractivity contribution in [2.24, 2.45) is 17.8 Å². The van der Waals surface area contributed by atoms with E-state index in [-0.39, 0.29) is 46.2 Å². The molecule has 3 heterocycles. The second-order valence-electron chi connectivity index (χ2n) is 15.5. The van der Waals surface area contributed by atoms with Gasteiger partial charge in [-0.25, -0.2) is 28.2 Å². The molecule has 3 aromatic carbocycles. The highest BCUT2D eigenvalue weighted by molar-refractivity contribution is 8.00. The molecule has 0 bridgehead atoms. The zero-order valence-electron chi connectivity index (χ0n) is 38.7. The second kappa shape index (κ2) is 25.4. The first-order valence-corrected chi connectivity index (χ1v) is 25.7. The summed E-state index contributed by atoms with van der Waals surface area (Å²) in [5.41, 5.74) is 3.33.